The summed E-state index contributed by atoms with van der Waals surface area (Å²) in [4.78, 5) is 18.1. The first-order chi connectivity index (χ1) is 11.1. The number of hydrogen-bond donors (Lipinski definition) is 1. The van der Waals surface area contributed by atoms with Crippen LogP contribution in [0.4, 0.5) is 0 Å². The molecule has 1 aliphatic heterocycles. The minimum absolute atomic E-state index is 0.0410. The maximum atomic E-state index is 12.2. The molecule has 2 rings (SSSR count). The van der Waals surface area contributed by atoms with Gasteiger partial charge in [0.15, 0.2) is 0 Å². The maximum absolute atomic E-state index is 12.2. The fourth-order valence-electron chi connectivity index (χ4n) is 2.71. The van der Waals surface area contributed by atoms with Crippen LogP contribution in [0.3, 0.4) is 0 Å². The molecule has 0 bridgehead atoms. The average Bonchev–Trinajstić information content (AvgIpc) is 3.11. The standard InChI is InChI=1S/C17H27N3O2S/c1-4-7-18-17(21)14(2)19(3)13-15(16-6-5-12-23-16)20-8-10-22-11-9-20/h4-6,12,14-15H,1,7-11,13H2,2-3H3,(H,18,21)/t14-,15-/m1/s1. The van der Waals surface area contributed by atoms with Crippen molar-refractivity contribution >= 4 is 17.2 Å². The molecule has 6 heteroatoms. The van der Waals surface area contributed by atoms with E-state index in [0.717, 1.165) is 32.8 Å². The zero-order valence-electron chi connectivity index (χ0n) is 14.0. The predicted octanol–water partition coefficient (Wildman–Crippen LogP) is 1.74. The first kappa shape index (κ1) is 18.1. The summed E-state index contributed by atoms with van der Waals surface area (Å²) in [6.45, 7) is 10.3. The van der Waals surface area contributed by atoms with Crippen LogP contribution in [0.5, 0.6) is 0 Å². The molecule has 1 N–H and O–H groups in total. The van der Waals surface area contributed by atoms with Gasteiger partial charge in [-0.2, -0.15) is 0 Å². The van der Waals surface area contributed by atoms with E-state index in [-0.39, 0.29) is 11.9 Å². The molecule has 0 spiro atoms. The zero-order chi connectivity index (χ0) is 16.7. The molecule has 0 radical (unpaired) electrons. The van der Waals surface area contributed by atoms with E-state index < -0.39 is 0 Å². The van der Waals surface area contributed by atoms with Crippen LogP contribution >= 0.6 is 11.3 Å². The highest BCUT2D eigenvalue weighted by Crippen LogP contribution is 2.27. The fraction of sp³-hybridized carbons (Fsp3) is 0.588. The topological polar surface area (TPSA) is 44.8 Å². The van der Waals surface area contributed by atoms with Crippen molar-refractivity contribution in [2.75, 3.05) is 46.4 Å². The second kappa shape index (κ2) is 9.17. The number of likely N-dealkylation sites (N-methyl/N-ethyl adjacent to an activating group) is 1. The normalized spacial score (nSPS) is 18.6. The second-order valence-corrected chi connectivity index (χ2v) is 6.81. The molecule has 1 amide bonds. The summed E-state index contributed by atoms with van der Waals surface area (Å²) in [7, 11) is 2.01. The Bertz CT molecular complexity index is 486. The van der Waals surface area contributed by atoms with E-state index in [1.54, 1.807) is 17.4 Å². The van der Waals surface area contributed by atoms with Crippen molar-refractivity contribution in [2.24, 2.45) is 0 Å². The van der Waals surface area contributed by atoms with E-state index in [0.29, 0.717) is 12.6 Å². The summed E-state index contributed by atoms with van der Waals surface area (Å²) in [5.74, 6) is 0.0410. The number of nitrogens with zero attached hydrogens (tertiary/aromatic N) is 2. The molecule has 1 fully saturated rings. The van der Waals surface area contributed by atoms with Gasteiger partial charge < -0.3 is 10.1 Å². The van der Waals surface area contributed by atoms with Crippen molar-refractivity contribution in [3.63, 3.8) is 0 Å². The number of carbonyl (C=O) groups excluding carboxylic acids is 1. The van der Waals surface area contributed by atoms with E-state index in [1.807, 2.05) is 14.0 Å². The van der Waals surface area contributed by atoms with Gasteiger partial charge in [-0.25, -0.2) is 0 Å². The van der Waals surface area contributed by atoms with E-state index in [2.05, 4.69) is 39.2 Å². The van der Waals surface area contributed by atoms with Crippen LogP contribution in [-0.4, -0.2) is 68.2 Å². The van der Waals surface area contributed by atoms with Gasteiger partial charge in [0.2, 0.25) is 5.91 Å². The lowest BCUT2D eigenvalue weighted by atomic mass is 10.1. The molecular weight excluding hydrogens is 310 g/mol. The van der Waals surface area contributed by atoms with Crippen molar-refractivity contribution in [2.45, 2.75) is 19.0 Å². The van der Waals surface area contributed by atoms with Gasteiger partial charge in [0.05, 0.1) is 25.3 Å². The number of rotatable bonds is 8. The van der Waals surface area contributed by atoms with Crippen LogP contribution in [0.2, 0.25) is 0 Å². The van der Waals surface area contributed by atoms with Crippen molar-refractivity contribution in [3.8, 4) is 0 Å². The van der Waals surface area contributed by atoms with Gasteiger partial charge in [-0.15, -0.1) is 17.9 Å². The molecule has 5 nitrogen and oxygen atoms in total. The molecule has 0 aliphatic carbocycles. The second-order valence-electron chi connectivity index (χ2n) is 5.83. The number of thiophene rings is 1. The zero-order valence-corrected chi connectivity index (χ0v) is 14.8. The Morgan fingerprint density at radius 2 is 2.30 bits per heavy atom. The molecule has 1 saturated heterocycles. The molecule has 2 heterocycles. The molecule has 128 valence electrons. The fourth-order valence-corrected chi connectivity index (χ4v) is 3.56. The highest BCUT2D eigenvalue weighted by Gasteiger charge is 2.27. The Kier molecular flexibility index (Phi) is 7.23. The third-order valence-corrected chi connectivity index (χ3v) is 5.25. The van der Waals surface area contributed by atoms with E-state index in [1.165, 1.54) is 4.88 Å². The van der Waals surface area contributed by atoms with Crippen molar-refractivity contribution in [1.82, 2.24) is 15.1 Å². The Morgan fingerprint density at radius 1 is 1.57 bits per heavy atom. The third kappa shape index (κ3) is 5.14. The van der Waals surface area contributed by atoms with Crippen molar-refractivity contribution < 1.29 is 9.53 Å². The van der Waals surface area contributed by atoms with Gasteiger partial charge >= 0.3 is 0 Å². The van der Waals surface area contributed by atoms with Crippen molar-refractivity contribution in [3.05, 3.63) is 35.0 Å². The summed E-state index contributed by atoms with van der Waals surface area (Å²) in [6, 6.07) is 4.41. The lowest BCUT2D eigenvalue weighted by Crippen LogP contribution is -2.48. The lowest BCUT2D eigenvalue weighted by Gasteiger charge is -2.37. The monoisotopic (exact) mass is 337 g/mol. The summed E-state index contributed by atoms with van der Waals surface area (Å²) >= 11 is 1.78. The van der Waals surface area contributed by atoms with Crippen LogP contribution in [0, 0.1) is 0 Å². The summed E-state index contributed by atoms with van der Waals surface area (Å²) in [6.07, 6.45) is 1.70. The minimum Gasteiger partial charge on any atom is -0.379 e. The quantitative estimate of drug-likeness (QED) is 0.734. The van der Waals surface area contributed by atoms with Gasteiger partial charge in [-0.3, -0.25) is 14.6 Å². The molecule has 0 saturated carbocycles. The van der Waals surface area contributed by atoms with Crippen LogP contribution in [0.1, 0.15) is 17.8 Å². The Morgan fingerprint density at radius 3 is 2.91 bits per heavy atom. The Labute approximate surface area is 142 Å². The number of ether oxygens (including phenoxy) is 1. The van der Waals surface area contributed by atoms with Crippen LogP contribution in [-0.2, 0) is 9.53 Å². The number of carbonyl (C=O) groups is 1. The minimum atomic E-state index is -0.168. The molecule has 1 aromatic rings. The summed E-state index contributed by atoms with van der Waals surface area (Å²) in [5.41, 5.74) is 0. The Hall–Kier alpha value is -1.21. The Balaban J connectivity index is 2.01. The van der Waals surface area contributed by atoms with Gasteiger partial charge in [0.25, 0.3) is 0 Å². The average molecular weight is 337 g/mol. The molecular formula is C17H27N3O2S. The molecule has 2 atom stereocenters. The van der Waals surface area contributed by atoms with E-state index in [9.17, 15) is 4.79 Å². The number of hydrogen-bond acceptors (Lipinski definition) is 5. The molecule has 1 aromatic heterocycles. The SMILES string of the molecule is C=CCNC(=O)[C@@H](C)N(C)C[C@H](c1cccs1)N1CCOCC1. The molecule has 1 aliphatic rings. The first-order valence-corrected chi connectivity index (χ1v) is 8.95. The highest BCUT2D eigenvalue weighted by atomic mass is 32.1. The predicted molar refractivity (Wildman–Crippen MR) is 94.8 cm³/mol. The summed E-state index contributed by atoms with van der Waals surface area (Å²) in [5, 5.41) is 4.98. The number of amides is 1. The van der Waals surface area contributed by atoms with Gasteiger partial charge in [0.1, 0.15) is 0 Å². The molecule has 0 unspecified atom stereocenters. The number of morpholine rings is 1. The first-order valence-electron chi connectivity index (χ1n) is 8.07. The largest absolute Gasteiger partial charge is 0.379 e. The third-order valence-electron chi connectivity index (χ3n) is 4.28. The van der Waals surface area contributed by atoms with E-state index in [4.69, 9.17) is 4.74 Å². The number of nitrogens with one attached hydrogen (secondary N) is 1. The summed E-state index contributed by atoms with van der Waals surface area (Å²) < 4.78 is 5.48. The van der Waals surface area contributed by atoms with Gasteiger partial charge in [0, 0.05) is 31.1 Å². The maximum Gasteiger partial charge on any atom is 0.237 e. The van der Waals surface area contributed by atoms with Crippen molar-refractivity contribution in [1.29, 1.82) is 0 Å². The molecule has 0 aromatic carbocycles. The highest BCUT2D eigenvalue weighted by molar-refractivity contribution is 7.10. The van der Waals surface area contributed by atoms with Gasteiger partial charge in [-0.1, -0.05) is 12.1 Å². The van der Waals surface area contributed by atoms with Crippen LogP contribution < -0.4 is 5.32 Å². The van der Waals surface area contributed by atoms with Crippen LogP contribution in [0.25, 0.3) is 0 Å². The van der Waals surface area contributed by atoms with E-state index >= 15 is 0 Å². The van der Waals surface area contributed by atoms with Gasteiger partial charge in [-0.05, 0) is 25.4 Å². The lowest BCUT2D eigenvalue weighted by molar-refractivity contribution is -0.125. The smallest absolute Gasteiger partial charge is 0.237 e. The molecule has 23 heavy (non-hydrogen) atoms. The van der Waals surface area contributed by atoms with Crippen LogP contribution in [0.15, 0.2) is 30.2 Å².